The third-order valence-electron chi connectivity index (χ3n) is 0.735. The van der Waals surface area contributed by atoms with Crippen LogP contribution in [0.15, 0.2) is 4.99 Å². The van der Waals surface area contributed by atoms with Crippen molar-refractivity contribution in [2.75, 3.05) is 6.26 Å². The zero-order valence-corrected chi connectivity index (χ0v) is 7.49. The van der Waals surface area contributed by atoms with Gasteiger partial charge in [0.2, 0.25) is 11.8 Å². The van der Waals surface area contributed by atoms with Crippen molar-refractivity contribution in [1.29, 1.82) is 0 Å². The zero-order valence-electron chi connectivity index (χ0n) is 6.67. The lowest BCUT2D eigenvalue weighted by atomic mass is 10.7. The lowest BCUT2D eigenvalue weighted by Gasteiger charge is -2.00. The third kappa shape index (κ3) is 5.60. The lowest BCUT2D eigenvalue weighted by molar-refractivity contribution is -0.117. The molecular weight excluding hydrogens is 164 g/mol. The first kappa shape index (κ1) is 10.2. The van der Waals surface area contributed by atoms with Gasteiger partial charge in [-0.25, -0.2) is 0 Å². The smallest absolute Gasteiger partial charge is 0.244 e. The number of amides is 2. The highest BCUT2D eigenvalue weighted by Gasteiger charge is 1.99. The van der Waals surface area contributed by atoms with Crippen LogP contribution >= 0.6 is 11.8 Å². The van der Waals surface area contributed by atoms with E-state index in [1.807, 2.05) is 0 Å². The lowest BCUT2D eigenvalue weighted by Crippen LogP contribution is -2.25. The number of rotatable bonds is 0. The molecule has 0 aliphatic carbocycles. The second-order valence-corrected chi connectivity index (χ2v) is 2.62. The predicted molar refractivity (Wildman–Crippen MR) is 45.4 cm³/mol. The van der Waals surface area contributed by atoms with Gasteiger partial charge in [0, 0.05) is 13.8 Å². The van der Waals surface area contributed by atoms with Crippen molar-refractivity contribution in [1.82, 2.24) is 5.32 Å². The van der Waals surface area contributed by atoms with Crippen LogP contribution in [-0.4, -0.2) is 23.2 Å². The van der Waals surface area contributed by atoms with Crippen molar-refractivity contribution in [2.45, 2.75) is 13.8 Å². The van der Waals surface area contributed by atoms with Crippen LogP contribution in [0.25, 0.3) is 0 Å². The molecule has 0 aromatic heterocycles. The van der Waals surface area contributed by atoms with Crippen LogP contribution in [-0.2, 0) is 9.59 Å². The van der Waals surface area contributed by atoms with Crippen LogP contribution in [0.5, 0.6) is 0 Å². The van der Waals surface area contributed by atoms with E-state index < -0.39 is 0 Å². The van der Waals surface area contributed by atoms with E-state index in [1.165, 1.54) is 25.6 Å². The van der Waals surface area contributed by atoms with Crippen LogP contribution in [0.3, 0.4) is 0 Å². The Bertz CT molecular complexity index is 201. The molecule has 0 spiro atoms. The minimum Gasteiger partial charge on any atom is -0.305 e. The molecule has 0 saturated carbocycles. The van der Waals surface area contributed by atoms with E-state index in [4.69, 9.17) is 0 Å². The number of nitrogens with zero attached hydrogens (tertiary/aromatic N) is 1. The highest BCUT2D eigenvalue weighted by molar-refractivity contribution is 8.13. The molecule has 62 valence electrons. The molecule has 0 atom stereocenters. The number of hydrogen-bond donors (Lipinski definition) is 1. The first-order chi connectivity index (χ1) is 5.06. The molecule has 0 radical (unpaired) electrons. The van der Waals surface area contributed by atoms with Gasteiger partial charge >= 0.3 is 0 Å². The topological polar surface area (TPSA) is 58.5 Å². The normalized spacial score (nSPS) is 11.0. The summed E-state index contributed by atoms with van der Waals surface area (Å²) >= 11 is 1.22. The summed E-state index contributed by atoms with van der Waals surface area (Å²) in [5.41, 5.74) is 0. The second-order valence-electron chi connectivity index (χ2n) is 1.82. The minimum atomic E-state index is -0.317. The summed E-state index contributed by atoms with van der Waals surface area (Å²) in [6.07, 6.45) is 1.73. The first-order valence-corrected chi connectivity index (χ1v) is 4.19. The number of hydrogen-bond acceptors (Lipinski definition) is 3. The largest absolute Gasteiger partial charge is 0.305 e. The Morgan fingerprint density at radius 1 is 1.36 bits per heavy atom. The van der Waals surface area contributed by atoms with E-state index >= 15 is 0 Å². The summed E-state index contributed by atoms with van der Waals surface area (Å²) in [5, 5.41) is 2.75. The van der Waals surface area contributed by atoms with Gasteiger partial charge in [0.05, 0.1) is 0 Å². The van der Waals surface area contributed by atoms with E-state index in [2.05, 4.69) is 10.3 Å². The van der Waals surface area contributed by atoms with Gasteiger partial charge in [-0.2, -0.15) is 4.99 Å². The molecule has 0 aromatic rings. The van der Waals surface area contributed by atoms with E-state index in [9.17, 15) is 9.59 Å². The second kappa shape index (κ2) is 4.90. The molecule has 0 aromatic carbocycles. The monoisotopic (exact) mass is 174 g/mol. The first-order valence-electron chi connectivity index (χ1n) is 2.97. The average molecular weight is 174 g/mol. The minimum absolute atomic E-state index is 0.223. The van der Waals surface area contributed by atoms with Gasteiger partial charge in [-0.05, 0) is 6.26 Å². The molecule has 0 aliphatic rings. The number of carbonyl (C=O) groups is 2. The Morgan fingerprint density at radius 3 is 2.18 bits per heavy atom. The fourth-order valence-corrected chi connectivity index (χ4v) is 0.884. The van der Waals surface area contributed by atoms with Gasteiger partial charge < -0.3 is 5.32 Å². The van der Waals surface area contributed by atoms with Gasteiger partial charge in [-0.3, -0.25) is 9.59 Å². The molecule has 0 unspecified atom stereocenters. The summed E-state index contributed by atoms with van der Waals surface area (Å²) < 4.78 is 0. The Balaban J connectivity index is 4.16. The van der Waals surface area contributed by atoms with Crippen molar-refractivity contribution in [2.24, 2.45) is 4.99 Å². The molecule has 0 heterocycles. The molecule has 4 nitrogen and oxygen atoms in total. The molecule has 0 fully saturated rings. The molecule has 0 rings (SSSR count). The van der Waals surface area contributed by atoms with Gasteiger partial charge in [-0.15, -0.1) is 0 Å². The maximum atomic E-state index is 10.5. The van der Waals surface area contributed by atoms with E-state index in [-0.39, 0.29) is 11.8 Å². The van der Waals surface area contributed by atoms with E-state index in [0.717, 1.165) is 0 Å². The Kier molecular flexibility index (Phi) is 4.52. The standard InChI is InChI=1S/C6H10N2O2S/c1-4(9)7-6(11-3)8-5(2)10/h1-3H3,(H,7,8,9,10). The van der Waals surface area contributed by atoms with E-state index in [0.29, 0.717) is 5.17 Å². The highest BCUT2D eigenvalue weighted by Crippen LogP contribution is 1.94. The van der Waals surface area contributed by atoms with Crippen LogP contribution in [0.2, 0.25) is 0 Å². The predicted octanol–water partition coefficient (Wildman–Crippen LogP) is 0.388. The quantitative estimate of drug-likeness (QED) is 0.427. The molecule has 11 heavy (non-hydrogen) atoms. The molecule has 2 amide bonds. The summed E-state index contributed by atoms with van der Waals surface area (Å²) in [5.74, 6) is -0.539. The molecule has 0 saturated heterocycles. The van der Waals surface area contributed by atoms with Gasteiger partial charge in [0.1, 0.15) is 0 Å². The Labute approximate surface area is 69.5 Å². The Morgan fingerprint density at radius 2 is 1.91 bits per heavy atom. The van der Waals surface area contributed by atoms with Crippen molar-refractivity contribution < 1.29 is 9.59 Å². The average Bonchev–Trinajstić information content (AvgIpc) is 1.84. The van der Waals surface area contributed by atoms with Crippen molar-refractivity contribution in [3.8, 4) is 0 Å². The number of carbonyl (C=O) groups excluding carboxylic acids is 2. The van der Waals surface area contributed by atoms with Gasteiger partial charge in [0.15, 0.2) is 5.17 Å². The Hall–Kier alpha value is -0.840. The number of thioether (sulfide) groups is 1. The fraction of sp³-hybridized carbons (Fsp3) is 0.500. The number of aliphatic imine (C=N–C) groups is 1. The molecule has 5 heteroatoms. The summed E-state index contributed by atoms with van der Waals surface area (Å²) in [6.45, 7) is 2.70. The van der Waals surface area contributed by atoms with Gasteiger partial charge in [-0.1, -0.05) is 11.8 Å². The summed E-state index contributed by atoms with van der Waals surface area (Å²) in [4.78, 5) is 24.5. The van der Waals surface area contributed by atoms with E-state index in [1.54, 1.807) is 6.26 Å². The van der Waals surface area contributed by atoms with Crippen molar-refractivity contribution in [3.05, 3.63) is 0 Å². The van der Waals surface area contributed by atoms with Crippen LogP contribution in [0.1, 0.15) is 13.8 Å². The SMILES string of the molecule is CS/C(=N\C(C)=O)NC(C)=O. The van der Waals surface area contributed by atoms with Crippen molar-refractivity contribution in [3.63, 3.8) is 0 Å². The van der Waals surface area contributed by atoms with Crippen LogP contribution in [0, 0.1) is 0 Å². The maximum absolute atomic E-state index is 10.5. The summed E-state index contributed by atoms with van der Waals surface area (Å²) in [7, 11) is 0. The van der Waals surface area contributed by atoms with Crippen LogP contribution < -0.4 is 5.32 Å². The molecule has 0 bridgehead atoms. The number of amidine groups is 1. The molecule has 0 aliphatic heterocycles. The van der Waals surface area contributed by atoms with Crippen LogP contribution in [0.4, 0.5) is 0 Å². The number of nitrogens with one attached hydrogen (secondary N) is 1. The fourth-order valence-electron chi connectivity index (χ4n) is 0.418. The van der Waals surface area contributed by atoms with Crippen molar-refractivity contribution >= 4 is 28.7 Å². The molecule has 1 N–H and O–H groups in total. The maximum Gasteiger partial charge on any atom is 0.244 e. The zero-order chi connectivity index (χ0) is 8.85. The third-order valence-corrected chi connectivity index (χ3v) is 1.32. The van der Waals surface area contributed by atoms with Gasteiger partial charge in [0.25, 0.3) is 0 Å². The highest BCUT2D eigenvalue weighted by atomic mass is 32.2. The summed E-state index contributed by atoms with van der Waals surface area (Å²) in [6, 6.07) is 0. The molecular formula is C6H10N2O2S.